The van der Waals surface area contributed by atoms with Gasteiger partial charge in [-0.3, -0.25) is 0 Å². The van der Waals surface area contributed by atoms with Crippen molar-refractivity contribution in [2.75, 3.05) is 12.4 Å². The summed E-state index contributed by atoms with van der Waals surface area (Å²) in [6.45, 7) is 3.78. The fourth-order valence-electron chi connectivity index (χ4n) is 1.26. The molecule has 2 aromatic rings. The molecule has 0 bridgehead atoms. The van der Waals surface area contributed by atoms with Crippen molar-refractivity contribution >= 4 is 28.6 Å². The molecule has 5 nitrogen and oxygen atoms in total. The molecule has 15 heavy (non-hydrogen) atoms. The molecule has 0 aliphatic rings. The highest BCUT2D eigenvalue weighted by Gasteiger charge is 2.09. The van der Waals surface area contributed by atoms with Gasteiger partial charge in [-0.05, 0) is 25.4 Å². The van der Waals surface area contributed by atoms with Crippen molar-refractivity contribution in [1.29, 1.82) is 0 Å². The molecule has 0 aliphatic heterocycles. The first-order chi connectivity index (χ1) is 7.11. The minimum absolute atomic E-state index is 0.171. The Morgan fingerprint density at radius 1 is 1.00 bits per heavy atom. The summed E-state index contributed by atoms with van der Waals surface area (Å²) >= 11 is 5.76. The smallest absolute Gasteiger partial charge is 0.226 e. The molecular weight excluding hydrogens is 214 g/mol. The summed E-state index contributed by atoms with van der Waals surface area (Å²) in [5.41, 5.74) is 2.87. The molecule has 0 fully saturated rings. The zero-order chi connectivity index (χ0) is 11.0. The summed E-state index contributed by atoms with van der Waals surface area (Å²) in [6.07, 6.45) is 0. The van der Waals surface area contributed by atoms with Gasteiger partial charge in [0.2, 0.25) is 5.28 Å². The Bertz CT molecular complexity index is 525. The topological polar surface area (TPSA) is 63.6 Å². The molecule has 2 heterocycles. The third kappa shape index (κ3) is 1.70. The van der Waals surface area contributed by atoms with Crippen LogP contribution in [0.1, 0.15) is 11.4 Å². The van der Waals surface area contributed by atoms with Crippen LogP contribution in [-0.4, -0.2) is 27.0 Å². The van der Waals surface area contributed by atoms with Crippen molar-refractivity contribution in [3.05, 3.63) is 16.7 Å². The first kappa shape index (κ1) is 10.0. The van der Waals surface area contributed by atoms with Crippen LogP contribution in [0.2, 0.25) is 5.28 Å². The van der Waals surface area contributed by atoms with Gasteiger partial charge in [0.25, 0.3) is 0 Å². The van der Waals surface area contributed by atoms with Gasteiger partial charge in [-0.2, -0.15) is 9.97 Å². The normalized spacial score (nSPS) is 10.7. The van der Waals surface area contributed by atoms with Gasteiger partial charge in [-0.25, -0.2) is 9.97 Å². The van der Waals surface area contributed by atoms with Crippen LogP contribution >= 0.6 is 11.6 Å². The Morgan fingerprint density at radius 3 is 2.33 bits per heavy atom. The van der Waals surface area contributed by atoms with E-state index in [0.29, 0.717) is 17.0 Å². The lowest BCUT2D eigenvalue weighted by molar-refractivity contribution is 1.06. The van der Waals surface area contributed by atoms with E-state index in [4.69, 9.17) is 11.6 Å². The van der Waals surface area contributed by atoms with E-state index in [-0.39, 0.29) is 5.28 Å². The average molecular weight is 224 g/mol. The van der Waals surface area contributed by atoms with Gasteiger partial charge >= 0.3 is 0 Å². The third-order valence-electron chi connectivity index (χ3n) is 2.15. The van der Waals surface area contributed by atoms with Gasteiger partial charge in [0, 0.05) is 7.05 Å². The Labute approximate surface area is 91.9 Å². The van der Waals surface area contributed by atoms with Crippen LogP contribution in [0.5, 0.6) is 0 Å². The summed E-state index contributed by atoms with van der Waals surface area (Å²) < 4.78 is 0. The van der Waals surface area contributed by atoms with Crippen molar-refractivity contribution in [3.8, 4) is 0 Å². The van der Waals surface area contributed by atoms with Gasteiger partial charge in [0.1, 0.15) is 0 Å². The predicted octanol–water partition coefficient (Wildman–Crippen LogP) is 1.73. The number of aryl methyl sites for hydroxylation is 2. The zero-order valence-electron chi connectivity index (χ0n) is 8.67. The van der Waals surface area contributed by atoms with Crippen molar-refractivity contribution in [2.24, 2.45) is 0 Å². The van der Waals surface area contributed by atoms with Crippen molar-refractivity contribution < 1.29 is 0 Å². The van der Waals surface area contributed by atoms with Crippen molar-refractivity contribution in [3.63, 3.8) is 0 Å². The molecule has 1 N–H and O–H groups in total. The maximum atomic E-state index is 5.76. The number of hydrogen-bond donors (Lipinski definition) is 1. The maximum Gasteiger partial charge on any atom is 0.226 e. The van der Waals surface area contributed by atoms with E-state index in [1.165, 1.54) is 0 Å². The number of fused-ring (bicyclic) bond motifs is 1. The Morgan fingerprint density at radius 2 is 1.67 bits per heavy atom. The Kier molecular flexibility index (Phi) is 2.40. The molecule has 0 unspecified atom stereocenters. The van der Waals surface area contributed by atoms with Crippen LogP contribution in [-0.2, 0) is 0 Å². The summed E-state index contributed by atoms with van der Waals surface area (Å²) in [5, 5.41) is 3.09. The standard InChI is InChI=1S/C9H10ClN5/c1-4-5(2)13-8-6(12-4)7(11-3)14-9(10)15-8/h1-3H3,(H,11,13,14,15). The van der Waals surface area contributed by atoms with E-state index in [9.17, 15) is 0 Å². The molecule has 6 heteroatoms. The van der Waals surface area contributed by atoms with E-state index < -0.39 is 0 Å². The molecule has 0 saturated heterocycles. The molecule has 0 radical (unpaired) electrons. The zero-order valence-corrected chi connectivity index (χ0v) is 9.42. The highest BCUT2D eigenvalue weighted by Crippen LogP contribution is 2.19. The molecule has 0 aliphatic carbocycles. The second kappa shape index (κ2) is 3.58. The van der Waals surface area contributed by atoms with Crippen LogP contribution in [0.25, 0.3) is 11.2 Å². The van der Waals surface area contributed by atoms with Crippen molar-refractivity contribution in [2.45, 2.75) is 13.8 Å². The molecule has 78 valence electrons. The average Bonchev–Trinajstić information content (AvgIpc) is 2.19. The summed E-state index contributed by atoms with van der Waals surface area (Å²) in [7, 11) is 1.76. The lowest BCUT2D eigenvalue weighted by atomic mass is 10.3. The Balaban J connectivity index is 2.84. The van der Waals surface area contributed by atoms with Gasteiger partial charge in [-0.1, -0.05) is 0 Å². The SMILES string of the molecule is CNc1nc(Cl)nc2nc(C)c(C)nc12. The first-order valence-corrected chi connectivity index (χ1v) is 4.86. The highest BCUT2D eigenvalue weighted by atomic mass is 35.5. The van der Waals surface area contributed by atoms with Crippen LogP contribution < -0.4 is 5.32 Å². The number of aromatic nitrogens is 4. The highest BCUT2D eigenvalue weighted by molar-refractivity contribution is 6.28. The number of halogens is 1. The van der Waals surface area contributed by atoms with Crippen LogP contribution in [0.3, 0.4) is 0 Å². The first-order valence-electron chi connectivity index (χ1n) is 4.48. The van der Waals surface area contributed by atoms with Crippen LogP contribution in [0.15, 0.2) is 0 Å². The van der Waals surface area contributed by atoms with Crippen LogP contribution in [0.4, 0.5) is 5.82 Å². The largest absolute Gasteiger partial charge is 0.371 e. The number of anilines is 1. The monoisotopic (exact) mass is 223 g/mol. The van der Waals surface area contributed by atoms with E-state index in [0.717, 1.165) is 11.4 Å². The molecule has 0 spiro atoms. The fraction of sp³-hybridized carbons (Fsp3) is 0.333. The molecule has 0 atom stereocenters. The fourth-order valence-corrected chi connectivity index (χ4v) is 1.42. The summed E-state index contributed by atoms with van der Waals surface area (Å²) in [5.74, 6) is 0.598. The predicted molar refractivity (Wildman–Crippen MR) is 59.2 cm³/mol. The van der Waals surface area contributed by atoms with E-state index >= 15 is 0 Å². The molecule has 0 aromatic carbocycles. The van der Waals surface area contributed by atoms with E-state index in [2.05, 4.69) is 25.3 Å². The molecule has 2 aromatic heterocycles. The van der Waals surface area contributed by atoms with Gasteiger partial charge in [0.15, 0.2) is 17.0 Å². The minimum atomic E-state index is 0.171. The Hall–Kier alpha value is -1.49. The third-order valence-corrected chi connectivity index (χ3v) is 2.32. The van der Waals surface area contributed by atoms with E-state index in [1.54, 1.807) is 7.05 Å². The number of nitrogens with zero attached hydrogens (tertiary/aromatic N) is 4. The van der Waals surface area contributed by atoms with Gasteiger partial charge < -0.3 is 5.32 Å². The summed E-state index contributed by atoms with van der Waals surface area (Å²) in [4.78, 5) is 16.7. The van der Waals surface area contributed by atoms with Crippen molar-refractivity contribution in [1.82, 2.24) is 19.9 Å². The number of nitrogens with one attached hydrogen (secondary N) is 1. The van der Waals surface area contributed by atoms with E-state index in [1.807, 2.05) is 13.8 Å². The second-order valence-corrected chi connectivity index (χ2v) is 3.50. The lowest BCUT2D eigenvalue weighted by Crippen LogP contribution is -2.02. The molecule has 0 amide bonds. The number of hydrogen-bond acceptors (Lipinski definition) is 5. The van der Waals surface area contributed by atoms with Gasteiger partial charge in [0.05, 0.1) is 11.4 Å². The summed E-state index contributed by atoms with van der Waals surface area (Å²) in [6, 6.07) is 0. The lowest BCUT2D eigenvalue weighted by Gasteiger charge is -2.05. The molecule has 0 saturated carbocycles. The minimum Gasteiger partial charge on any atom is -0.371 e. The van der Waals surface area contributed by atoms with Gasteiger partial charge in [-0.15, -0.1) is 0 Å². The maximum absolute atomic E-state index is 5.76. The molecule has 2 rings (SSSR count). The number of rotatable bonds is 1. The molecular formula is C9H10ClN5. The quantitative estimate of drug-likeness (QED) is 0.746. The second-order valence-electron chi connectivity index (χ2n) is 3.16. The van der Waals surface area contributed by atoms with Crippen LogP contribution in [0, 0.1) is 13.8 Å².